The molecule has 0 unspecified atom stereocenters. The van der Waals surface area contributed by atoms with E-state index < -0.39 is 24.9 Å². The van der Waals surface area contributed by atoms with Crippen molar-refractivity contribution in [3.8, 4) is 18.1 Å². The van der Waals surface area contributed by atoms with Crippen LogP contribution in [0.4, 0.5) is 28.0 Å². The zero-order valence-electron chi connectivity index (χ0n) is 10.7. The molecule has 0 atom stereocenters. The number of nitrogens with one attached hydrogen (secondary N) is 2. The molecular formula is C13H12F4N2O2. The molecule has 1 aromatic carbocycles. The smallest absolute Gasteiger partial charge is 0.324 e. The zero-order chi connectivity index (χ0) is 15.9. The lowest BCUT2D eigenvalue weighted by atomic mass is 10.3. The van der Waals surface area contributed by atoms with Gasteiger partial charge in [-0.15, -0.1) is 6.42 Å². The summed E-state index contributed by atoms with van der Waals surface area (Å²) in [7, 11) is 0. The van der Waals surface area contributed by atoms with Crippen LogP contribution >= 0.6 is 0 Å². The highest BCUT2D eigenvalue weighted by Gasteiger charge is 2.40. The summed E-state index contributed by atoms with van der Waals surface area (Å²) in [5, 5.41) is 3.87. The Labute approximate surface area is 118 Å². The lowest BCUT2D eigenvalue weighted by Gasteiger charge is -2.16. The molecule has 114 valence electrons. The average Bonchev–Trinajstić information content (AvgIpc) is 2.44. The molecule has 0 aliphatic heterocycles. The van der Waals surface area contributed by atoms with Gasteiger partial charge in [0.15, 0.2) is 0 Å². The first-order chi connectivity index (χ1) is 9.86. The zero-order valence-corrected chi connectivity index (χ0v) is 10.7. The summed E-state index contributed by atoms with van der Waals surface area (Å²) in [5.74, 6) is -1.85. The maximum absolute atomic E-state index is 12.7. The number of urea groups is 1. The second-order valence-electron chi connectivity index (χ2n) is 3.86. The molecule has 0 aliphatic rings. The van der Waals surface area contributed by atoms with Crippen LogP contribution in [0.3, 0.4) is 0 Å². The maximum Gasteiger partial charge on any atom is 0.324 e. The molecule has 0 heterocycles. The van der Waals surface area contributed by atoms with E-state index in [4.69, 9.17) is 11.2 Å². The second-order valence-corrected chi connectivity index (χ2v) is 3.86. The van der Waals surface area contributed by atoms with E-state index >= 15 is 0 Å². The molecule has 4 nitrogen and oxygen atoms in total. The normalized spacial score (nSPS) is 10.9. The minimum atomic E-state index is -4.29. The van der Waals surface area contributed by atoms with Crippen LogP contribution in [0.1, 0.15) is 0 Å². The van der Waals surface area contributed by atoms with E-state index in [1.54, 1.807) is 17.4 Å². The number of rotatable bonds is 6. The third kappa shape index (κ3) is 5.22. The fourth-order valence-corrected chi connectivity index (χ4v) is 1.26. The number of benzene rings is 1. The standard InChI is InChI=1S/C13H12F4N2O2/c1-2-7-21-10-6-4-3-5-9(10)19-12(20)18-8-13(16,17)11(14)15/h1,3-6,11H,7-8H2,(H2,18,19,20). The number of anilines is 1. The van der Waals surface area contributed by atoms with Crippen LogP contribution in [-0.2, 0) is 0 Å². The predicted octanol–water partition coefficient (Wildman–Crippen LogP) is 2.72. The molecule has 21 heavy (non-hydrogen) atoms. The van der Waals surface area contributed by atoms with Crippen LogP contribution in [0.2, 0.25) is 0 Å². The number of alkyl halides is 4. The lowest BCUT2D eigenvalue weighted by molar-refractivity contribution is -0.123. The summed E-state index contributed by atoms with van der Waals surface area (Å²) in [4.78, 5) is 11.4. The summed E-state index contributed by atoms with van der Waals surface area (Å²) in [6.45, 7) is -1.53. The van der Waals surface area contributed by atoms with Crippen molar-refractivity contribution in [1.82, 2.24) is 5.32 Å². The van der Waals surface area contributed by atoms with Crippen molar-refractivity contribution in [2.75, 3.05) is 18.5 Å². The van der Waals surface area contributed by atoms with Gasteiger partial charge in [-0.25, -0.2) is 13.6 Å². The van der Waals surface area contributed by atoms with Gasteiger partial charge in [-0.1, -0.05) is 18.1 Å². The lowest BCUT2D eigenvalue weighted by Crippen LogP contribution is -2.43. The third-order valence-electron chi connectivity index (χ3n) is 2.25. The average molecular weight is 304 g/mol. The minimum absolute atomic E-state index is 0.0518. The van der Waals surface area contributed by atoms with Gasteiger partial charge in [-0.2, -0.15) is 8.78 Å². The first-order valence-electron chi connectivity index (χ1n) is 5.73. The number of halogens is 4. The van der Waals surface area contributed by atoms with Gasteiger partial charge in [0.05, 0.1) is 12.2 Å². The van der Waals surface area contributed by atoms with E-state index in [9.17, 15) is 22.4 Å². The Bertz CT molecular complexity index is 529. The SMILES string of the molecule is C#CCOc1ccccc1NC(=O)NCC(F)(F)C(F)F. The topological polar surface area (TPSA) is 50.4 Å². The van der Waals surface area contributed by atoms with E-state index in [1.807, 2.05) is 0 Å². The highest BCUT2D eigenvalue weighted by atomic mass is 19.3. The second kappa shape index (κ2) is 7.38. The first-order valence-corrected chi connectivity index (χ1v) is 5.73. The molecule has 0 saturated heterocycles. The van der Waals surface area contributed by atoms with Crippen molar-refractivity contribution in [2.24, 2.45) is 0 Å². The molecule has 0 spiro atoms. The van der Waals surface area contributed by atoms with Crippen molar-refractivity contribution >= 4 is 11.7 Å². The highest BCUT2D eigenvalue weighted by molar-refractivity contribution is 5.90. The van der Waals surface area contributed by atoms with Crippen molar-refractivity contribution < 1.29 is 27.1 Å². The molecular weight excluding hydrogens is 292 g/mol. The molecule has 0 fully saturated rings. The van der Waals surface area contributed by atoms with Crippen LogP contribution in [-0.4, -0.2) is 31.5 Å². The van der Waals surface area contributed by atoms with Crippen molar-refractivity contribution in [1.29, 1.82) is 0 Å². The van der Waals surface area contributed by atoms with Crippen molar-refractivity contribution in [3.63, 3.8) is 0 Å². The third-order valence-corrected chi connectivity index (χ3v) is 2.25. The molecule has 8 heteroatoms. The van der Waals surface area contributed by atoms with E-state index in [0.717, 1.165) is 0 Å². The molecule has 1 aromatic rings. The van der Waals surface area contributed by atoms with E-state index in [2.05, 4.69) is 11.2 Å². The molecule has 0 bridgehead atoms. The molecule has 0 aromatic heterocycles. The summed E-state index contributed by atoms with van der Waals surface area (Å²) in [6, 6.07) is 5.05. The van der Waals surface area contributed by atoms with Crippen LogP contribution < -0.4 is 15.4 Å². The Morgan fingerprint density at radius 1 is 1.38 bits per heavy atom. The van der Waals surface area contributed by atoms with Gasteiger partial charge in [-0.05, 0) is 12.1 Å². The Kier molecular flexibility index (Phi) is 5.84. The highest BCUT2D eigenvalue weighted by Crippen LogP contribution is 2.24. The number of para-hydroxylation sites is 2. The number of amides is 2. The van der Waals surface area contributed by atoms with Gasteiger partial charge in [0.2, 0.25) is 0 Å². The van der Waals surface area contributed by atoms with Gasteiger partial charge < -0.3 is 15.4 Å². The van der Waals surface area contributed by atoms with Crippen molar-refractivity contribution in [3.05, 3.63) is 24.3 Å². The van der Waals surface area contributed by atoms with Crippen LogP contribution in [0, 0.1) is 12.3 Å². The molecule has 2 amide bonds. The Hall–Kier alpha value is -2.43. The fraction of sp³-hybridized carbons (Fsp3) is 0.308. The minimum Gasteiger partial charge on any atom is -0.479 e. The Morgan fingerprint density at radius 2 is 2.05 bits per heavy atom. The summed E-state index contributed by atoms with van der Waals surface area (Å²) in [5.41, 5.74) is 0.172. The Morgan fingerprint density at radius 3 is 2.67 bits per heavy atom. The van der Waals surface area contributed by atoms with Gasteiger partial charge >= 0.3 is 18.4 Å². The number of carbonyl (C=O) groups is 1. The summed E-state index contributed by atoms with van der Waals surface area (Å²) >= 11 is 0. The number of ether oxygens (including phenoxy) is 1. The van der Waals surface area contributed by atoms with Gasteiger partial charge in [-0.3, -0.25) is 0 Å². The van der Waals surface area contributed by atoms with Crippen LogP contribution in [0.25, 0.3) is 0 Å². The predicted molar refractivity (Wildman–Crippen MR) is 68.7 cm³/mol. The number of terminal acetylenes is 1. The Balaban J connectivity index is 2.61. The molecule has 0 aliphatic carbocycles. The van der Waals surface area contributed by atoms with E-state index in [1.165, 1.54) is 12.1 Å². The number of hydrogen-bond donors (Lipinski definition) is 2. The maximum atomic E-state index is 12.7. The van der Waals surface area contributed by atoms with Gasteiger partial charge in [0.1, 0.15) is 12.4 Å². The quantitative estimate of drug-likeness (QED) is 0.627. The summed E-state index contributed by atoms with van der Waals surface area (Å²) < 4.78 is 54.3. The molecule has 1 rings (SSSR count). The van der Waals surface area contributed by atoms with Crippen LogP contribution in [0.15, 0.2) is 24.3 Å². The largest absolute Gasteiger partial charge is 0.479 e. The van der Waals surface area contributed by atoms with Crippen molar-refractivity contribution in [2.45, 2.75) is 12.3 Å². The summed E-state index contributed by atoms with van der Waals surface area (Å²) in [6.07, 6.45) is 1.17. The fourth-order valence-electron chi connectivity index (χ4n) is 1.26. The number of hydrogen-bond acceptors (Lipinski definition) is 2. The van der Waals surface area contributed by atoms with E-state index in [0.29, 0.717) is 0 Å². The molecule has 2 N–H and O–H groups in total. The number of carbonyl (C=O) groups excluding carboxylic acids is 1. The van der Waals surface area contributed by atoms with Crippen LogP contribution in [0.5, 0.6) is 5.75 Å². The molecule has 0 saturated carbocycles. The monoisotopic (exact) mass is 304 g/mol. The molecule has 0 radical (unpaired) electrons. The van der Waals surface area contributed by atoms with E-state index in [-0.39, 0.29) is 18.0 Å². The van der Waals surface area contributed by atoms with Gasteiger partial charge in [0.25, 0.3) is 0 Å². The first kappa shape index (κ1) is 16.6. The van der Waals surface area contributed by atoms with Gasteiger partial charge in [0, 0.05) is 0 Å².